The molecule has 1 saturated heterocycles. The minimum Gasteiger partial charge on any atom is -0.354 e. The van der Waals surface area contributed by atoms with Crippen LogP contribution in [0.4, 0.5) is 0 Å². The SMILES string of the molecule is CCC(=O)N[C@@H](Cc1nc2ccc(C(C)C)cc2s1)C(=O)N[C@H](CNC(=O)C(C)CN1CCS(=O)(=O)CC1)C1CCCCC1. The zero-order valence-corrected chi connectivity index (χ0v) is 28.2. The molecular weight excluding hydrogens is 599 g/mol. The molecule has 2 aliphatic rings. The molecule has 1 unspecified atom stereocenters. The number of carbonyl (C=O) groups excluding carboxylic acids is 3. The summed E-state index contributed by atoms with van der Waals surface area (Å²) in [5.41, 5.74) is 2.12. The quantitative estimate of drug-likeness (QED) is 0.303. The van der Waals surface area contributed by atoms with Crippen LogP contribution in [0.2, 0.25) is 0 Å². The largest absolute Gasteiger partial charge is 0.354 e. The minimum absolute atomic E-state index is 0.112. The van der Waals surface area contributed by atoms with Crippen molar-refractivity contribution < 1.29 is 22.8 Å². The third kappa shape index (κ3) is 9.71. The van der Waals surface area contributed by atoms with Crippen LogP contribution in [-0.2, 0) is 30.6 Å². The maximum Gasteiger partial charge on any atom is 0.243 e. The van der Waals surface area contributed by atoms with E-state index in [1.807, 2.05) is 17.9 Å². The number of nitrogens with one attached hydrogen (secondary N) is 3. The van der Waals surface area contributed by atoms with Crippen LogP contribution in [0, 0.1) is 11.8 Å². The number of aromatic nitrogens is 1. The van der Waals surface area contributed by atoms with Gasteiger partial charge < -0.3 is 20.9 Å². The van der Waals surface area contributed by atoms with E-state index in [0.29, 0.717) is 38.5 Å². The third-order valence-corrected chi connectivity index (χ3v) is 11.6. The summed E-state index contributed by atoms with van der Waals surface area (Å²) >= 11 is 1.55. The summed E-state index contributed by atoms with van der Waals surface area (Å²) in [6, 6.07) is 5.21. The summed E-state index contributed by atoms with van der Waals surface area (Å²) in [6.07, 6.45) is 5.84. The zero-order chi connectivity index (χ0) is 31.9. The highest BCUT2D eigenvalue weighted by atomic mass is 32.2. The van der Waals surface area contributed by atoms with Crippen LogP contribution < -0.4 is 16.0 Å². The molecule has 0 radical (unpaired) electrons. The average Bonchev–Trinajstić information content (AvgIpc) is 3.41. The Morgan fingerprint density at radius 2 is 1.73 bits per heavy atom. The Labute approximate surface area is 266 Å². The highest BCUT2D eigenvalue weighted by Gasteiger charge is 2.31. The number of nitrogens with zero attached hydrogens (tertiary/aromatic N) is 2. The number of carbonyl (C=O) groups is 3. The van der Waals surface area contributed by atoms with E-state index < -0.39 is 15.9 Å². The van der Waals surface area contributed by atoms with Gasteiger partial charge >= 0.3 is 0 Å². The summed E-state index contributed by atoms with van der Waals surface area (Å²) in [5, 5.41) is 9.98. The van der Waals surface area contributed by atoms with Crippen molar-refractivity contribution >= 4 is 49.1 Å². The highest BCUT2D eigenvalue weighted by Crippen LogP contribution is 2.28. The Balaban J connectivity index is 1.42. The molecule has 1 aromatic heterocycles. The molecule has 44 heavy (non-hydrogen) atoms. The molecule has 3 N–H and O–H groups in total. The van der Waals surface area contributed by atoms with Crippen molar-refractivity contribution in [1.29, 1.82) is 0 Å². The lowest BCUT2D eigenvalue weighted by molar-refractivity contribution is -0.130. The average molecular weight is 648 g/mol. The molecule has 3 amide bonds. The fraction of sp³-hybridized carbons (Fsp3) is 0.688. The van der Waals surface area contributed by atoms with Gasteiger partial charge in [0, 0.05) is 51.0 Å². The first-order valence-electron chi connectivity index (χ1n) is 16.1. The van der Waals surface area contributed by atoms with Crippen LogP contribution >= 0.6 is 11.3 Å². The van der Waals surface area contributed by atoms with Crippen molar-refractivity contribution in [3.05, 3.63) is 28.8 Å². The Kier molecular flexibility index (Phi) is 12.2. The number of hydrogen-bond acceptors (Lipinski definition) is 8. The minimum atomic E-state index is -2.98. The standard InChI is InChI=1S/C32H49N5O5S2/c1-5-29(38)34-26(18-30-35-25-12-11-24(21(2)3)17-28(25)43-30)32(40)36-27(23-9-7-6-8-10-23)19-33-31(39)22(4)20-37-13-15-44(41,42)16-14-37/h11-12,17,21-23,26-27H,5-10,13-16,18-20H2,1-4H3,(H,33,39)(H,34,38)(H,36,40)/t22?,26-,27+/m0/s1. The number of rotatable bonds is 13. The maximum atomic E-state index is 13.8. The van der Waals surface area contributed by atoms with E-state index in [-0.39, 0.29) is 53.5 Å². The molecule has 10 nitrogen and oxygen atoms in total. The van der Waals surface area contributed by atoms with Gasteiger partial charge in [-0.25, -0.2) is 13.4 Å². The van der Waals surface area contributed by atoms with Crippen LogP contribution in [0.5, 0.6) is 0 Å². The molecule has 4 rings (SSSR count). The van der Waals surface area contributed by atoms with E-state index in [0.717, 1.165) is 47.3 Å². The van der Waals surface area contributed by atoms with E-state index >= 15 is 0 Å². The smallest absolute Gasteiger partial charge is 0.243 e. The van der Waals surface area contributed by atoms with Crippen LogP contribution in [0.3, 0.4) is 0 Å². The van der Waals surface area contributed by atoms with E-state index in [9.17, 15) is 22.8 Å². The van der Waals surface area contributed by atoms with Crippen molar-refractivity contribution in [3.63, 3.8) is 0 Å². The first-order chi connectivity index (χ1) is 20.9. The monoisotopic (exact) mass is 647 g/mol. The number of benzene rings is 1. The Morgan fingerprint density at radius 1 is 1.02 bits per heavy atom. The number of amides is 3. The summed E-state index contributed by atoms with van der Waals surface area (Å²) < 4.78 is 24.6. The van der Waals surface area contributed by atoms with Crippen LogP contribution in [0.1, 0.15) is 82.7 Å². The van der Waals surface area contributed by atoms with Gasteiger partial charge in [-0.2, -0.15) is 0 Å². The second kappa shape index (κ2) is 15.6. The van der Waals surface area contributed by atoms with E-state index in [1.54, 1.807) is 18.3 Å². The van der Waals surface area contributed by atoms with Gasteiger partial charge in [-0.15, -0.1) is 11.3 Å². The van der Waals surface area contributed by atoms with Gasteiger partial charge in [0.15, 0.2) is 9.84 Å². The van der Waals surface area contributed by atoms with E-state index in [4.69, 9.17) is 4.98 Å². The molecule has 244 valence electrons. The number of thiazole rings is 1. The van der Waals surface area contributed by atoms with Gasteiger partial charge in [-0.05, 0) is 42.4 Å². The van der Waals surface area contributed by atoms with Crippen LogP contribution in [-0.4, -0.2) is 85.8 Å². The molecule has 3 atom stereocenters. The molecule has 1 saturated carbocycles. The van der Waals surface area contributed by atoms with Crippen LogP contribution in [0.25, 0.3) is 10.2 Å². The van der Waals surface area contributed by atoms with Crippen molar-refractivity contribution in [3.8, 4) is 0 Å². The maximum absolute atomic E-state index is 13.8. The van der Waals surface area contributed by atoms with Gasteiger partial charge in [-0.1, -0.05) is 53.0 Å². The predicted octanol–water partition coefficient (Wildman–Crippen LogP) is 3.40. The van der Waals surface area contributed by atoms with Crippen molar-refractivity contribution in [2.75, 3.05) is 37.7 Å². The predicted molar refractivity (Wildman–Crippen MR) is 175 cm³/mol. The lowest BCUT2D eigenvalue weighted by Crippen LogP contribution is -2.55. The second-order valence-corrected chi connectivity index (χ2v) is 16.2. The molecule has 2 heterocycles. The molecular formula is C32H49N5O5S2. The second-order valence-electron chi connectivity index (χ2n) is 12.8. The van der Waals surface area contributed by atoms with Gasteiger partial charge in [0.2, 0.25) is 17.7 Å². The molecule has 2 aromatic rings. The van der Waals surface area contributed by atoms with Crippen molar-refractivity contribution in [1.82, 2.24) is 25.8 Å². The zero-order valence-electron chi connectivity index (χ0n) is 26.6. The number of sulfone groups is 1. The molecule has 1 aliphatic carbocycles. The van der Waals surface area contributed by atoms with E-state index in [1.165, 1.54) is 5.56 Å². The first-order valence-corrected chi connectivity index (χ1v) is 18.8. The molecule has 12 heteroatoms. The van der Waals surface area contributed by atoms with Crippen molar-refractivity contribution in [2.24, 2.45) is 11.8 Å². The van der Waals surface area contributed by atoms with E-state index in [2.05, 4.69) is 41.9 Å². The Morgan fingerprint density at radius 3 is 2.39 bits per heavy atom. The first kappa shape index (κ1) is 34.3. The summed E-state index contributed by atoms with van der Waals surface area (Å²) in [7, 11) is -2.98. The highest BCUT2D eigenvalue weighted by molar-refractivity contribution is 7.91. The fourth-order valence-electron chi connectivity index (χ4n) is 6.06. The topological polar surface area (TPSA) is 138 Å². The van der Waals surface area contributed by atoms with Gasteiger partial charge in [0.25, 0.3) is 0 Å². The van der Waals surface area contributed by atoms with Gasteiger partial charge in [0.05, 0.1) is 26.7 Å². The van der Waals surface area contributed by atoms with Crippen molar-refractivity contribution in [2.45, 2.75) is 90.6 Å². The summed E-state index contributed by atoms with van der Waals surface area (Å²) in [5.74, 6) is -0.00118. The number of fused-ring (bicyclic) bond motifs is 1. The lowest BCUT2D eigenvalue weighted by atomic mass is 9.83. The van der Waals surface area contributed by atoms with Gasteiger partial charge in [-0.3, -0.25) is 14.4 Å². The van der Waals surface area contributed by atoms with Crippen LogP contribution in [0.15, 0.2) is 18.2 Å². The molecule has 0 bridgehead atoms. The Bertz CT molecular complexity index is 1390. The lowest BCUT2D eigenvalue weighted by Gasteiger charge is -2.33. The Hall–Kier alpha value is -2.57. The molecule has 1 aliphatic heterocycles. The fourth-order valence-corrected chi connectivity index (χ4v) is 8.40. The molecule has 0 spiro atoms. The van der Waals surface area contributed by atoms with Gasteiger partial charge in [0.1, 0.15) is 6.04 Å². The summed E-state index contributed by atoms with van der Waals surface area (Å²) in [4.78, 5) is 46.2. The summed E-state index contributed by atoms with van der Waals surface area (Å²) in [6.45, 7) is 9.61. The third-order valence-electron chi connectivity index (χ3n) is 8.93. The normalized spacial score (nSPS) is 19.8. The molecule has 1 aromatic carbocycles. The number of hydrogen-bond donors (Lipinski definition) is 3. The molecule has 2 fully saturated rings.